The first-order valence-electron chi connectivity index (χ1n) is 3.75. The number of hydrogen-bond donors (Lipinski definition) is 1. The van der Waals surface area contributed by atoms with Crippen LogP contribution in [-0.4, -0.2) is 17.4 Å². The van der Waals surface area contributed by atoms with Crippen molar-refractivity contribution in [1.82, 2.24) is 0 Å². The van der Waals surface area contributed by atoms with E-state index in [1.807, 2.05) is 0 Å². The van der Waals surface area contributed by atoms with E-state index < -0.39 is 12.3 Å². The molecule has 66 valence electrons. The first-order valence-corrected chi connectivity index (χ1v) is 3.75. The second kappa shape index (κ2) is 3.01. The molecule has 1 aliphatic rings. The van der Waals surface area contributed by atoms with Crippen molar-refractivity contribution in [2.75, 3.05) is 0 Å². The minimum Gasteiger partial charge on any atom is -0.384 e. The monoisotopic (exact) mass is 168 g/mol. The number of aliphatic hydroxyl groups is 1. The van der Waals surface area contributed by atoms with E-state index in [1.54, 1.807) is 0 Å². The summed E-state index contributed by atoms with van der Waals surface area (Å²) in [7, 11) is 0. The molecule has 0 saturated heterocycles. The Morgan fingerprint density at radius 3 is 2.18 bits per heavy atom. The average molecular weight is 168 g/mol. The SMILES string of the molecule is O[C@@H](CC1CCC1)C(F)(F)F. The van der Waals surface area contributed by atoms with Gasteiger partial charge in [0.25, 0.3) is 0 Å². The fourth-order valence-electron chi connectivity index (χ4n) is 1.18. The topological polar surface area (TPSA) is 20.2 Å². The van der Waals surface area contributed by atoms with Gasteiger partial charge in [-0.15, -0.1) is 0 Å². The highest BCUT2D eigenvalue weighted by atomic mass is 19.4. The van der Waals surface area contributed by atoms with E-state index in [0.29, 0.717) is 0 Å². The third kappa shape index (κ3) is 2.36. The molecule has 0 heterocycles. The van der Waals surface area contributed by atoms with Gasteiger partial charge in [0, 0.05) is 0 Å². The van der Waals surface area contributed by atoms with Gasteiger partial charge in [0.15, 0.2) is 0 Å². The molecule has 1 N–H and O–H groups in total. The number of hydrogen-bond acceptors (Lipinski definition) is 1. The molecule has 0 aliphatic heterocycles. The van der Waals surface area contributed by atoms with Gasteiger partial charge in [-0.05, 0) is 12.3 Å². The smallest absolute Gasteiger partial charge is 0.384 e. The Kier molecular flexibility index (Phi) is 2.42. The standard InChI is InChI=1S/C7H11F3O/c8-7(9,10)6(11)4-5-2-1-3-5/h5-6,11H,1-4H2/t6-/m0/s1. The van der Waals surface area contributed by atoms with Crippen LogP contribution >= 0.6 is 0 Å². The van der Waals surface area contributed by atoms with Crippen LogP contribution in [0, 0.1) is 5.92 Å². The van der Waals surface area contributed by atoms with Gasteiger partial charge in [0.1, 0.15) is 6.10 Å². The molecule has 0 spiro atoms. The van der Waals surface area contributed by atoms with Gasteiger partial charge in [-0.1, -0.05) is 19.3 Å². The van der Waals surface area contributed by atoms with Gasteiger partial charge in [-0.3, -0.25) is 0 Å². The summed E-state index contributed by atoms with van der Waals surface area (Å²) in [6, 6.07) is 0. The van der Waals surface area contributed by atoms with Crippen LogP contribution in [0.5, 0.6) is 0 Å². The van der Waals surface area contributed by atoms with Crippen LogP contribution in [0.3, 0.4) is 0 Å². The predicted molar refractivity (Wildman–Crippen MR) is 34.0 cm³/mol. The summed E-state index contributed by atoms with van der Waals surface area (Å²) in [5.41, 5.74) is 0. The summed E-state index contributed by atoms with van der Waals surface area (Å²) in [5, 5.41) is 8.60. The third-order valence-electron chi connectivity index (χ3n) is 2.16. The molecule has 4 heteroatoms. The van der Waals surface area contributed by atoms with Crippen molar-refractivity contribution in [2.24, 2.45) is 5.92 Å². The van der Waals surface area contributed by atoms with E-state index in [4.69, 9.17) is 5.11 Å². The van der Waals surface area contributed by atoms with Crippen LogP contribution in [-0.2, 0) is 0 Å². The van der Waals surface area contributed by atoms with Crippen molar-refractivity contribution < 1.29 is 18.3 Å². The van der Waals surface area contributed by atoms with Crippen molar-refractivity contribution in [3.05, 3.63) is 0 Å². The summed E-state index contributed by atoms with van der Waals surface area (Å²) in [6.07, 6.45) is -3.94. The van der Waals surface area contributed by atoms with Crippen LogP contribution in [0.25, 0.3) is 0 Å². The summed E-state index contributed by atoms with van der Waals surface area (Å²) in [4.78, 5) is 0. The molecular formula is C7H11F3O. The van der Waals surface area contributed by atoms with Crippen LogP contribution < -0.4 is 0 Å². The molecule has 0 aromatic heterocycles. The van der Waals surface area contributed by atoms with Crippen molar-refractivity contribution in [1.29, 1.82) is 0 Å². The Morgan fingerprint density at radius 1 is 1.36 bits per heavy atom. The lowest BCUT2D eigenvalue weighted by molar-refractivity contribution is -0.210. The maximum Gasteiger partial charge on any atom is 0.414 e. The van der Waals surface area contributed by atoms with Gasteiger partial charge < -0.3 is 5.11 Å². The van der Waals surface area contributed by atoms with E-state index in [1.165, 1.54) is 0 Å². The first-order chi connectivity index (χ1) is 5.00. The largest absolute Gasteiger partial charge is 0.414 e. The molecule has 1 rings (SSSR count). The molecule has 1 aliphatic carbocycles. The molecular weight excluding hydrogens is 157 g/mol. The van der Waals surface area contributed by atoms with E-state index in [9.17, 15) is 13.2 Å². The molecule has 0 bridgehead atoms. The Bertz CT molecular complexity index is 128. The Hall–Kier alpha value is -0.250. The summed E-state index contributed by atoms with van der Waals surface area (Å²) < 4.78 is 35.2. The zero-order chi connectivity index (χ0) is 8.48. The minimum atomic E-state index is -4.42. The summed E-state index contributed by atoms with van der Waals surface area (Å²) in [6.45, 7) is 0. The second-order valence-electron chi connectivity index (χ2n) is 3.09. The summed E-state index contributed by atoms with van der Waals surface area (Å²) in [5.74, 6) is 0.103. The predicted octanol–water partition coefficient (Wildman–Crippen LogP) is 2.10. The van der Waals surface area contributed by atoms with E-state index >= 15 is 0 Å². The Labute approximate surface area is 63.2 Å². The highest BCUT2D eigenvalue weighted by molar-refractivity contribution is 4.76. The molecule has 0 radical (unpaired) electrons. The molecule has 1 nitrogen and oxygen atoms in total. The third-order valence-corrected chi connectivity index (χ3v) is 2.16. The van der Waals surface area contributed by atoms with Crippen molar-refractivity contribution in [2.45, 2.75) is 38.0 Å². The van der Waals surface area contributed by atoms with Gasteiger partial charge in [-0.2, -0.15) is 13.2 Å². The zero-order valence-electron chi connectivity index (χ0n) is 6.06. The van der Waals surface area contributed by atoms with Crippen LogP contribution in [0.15, 0.2) is 0 Å². The number of halogens is 3. The molecule has 0 aromatic carbocycles. The lowest BCUT2D eigenvalue weighted by Crippen LogP contribution is -2.32. The van der Waals surface area contributed by atoms with Crippen molar-refractivity contribution in [3.63, 3.8) is 0 Å². The quantitative estimate of drug-likeness (QED) is 0.669. The molecule has 1 fully saturated rings. The lowest BCUT2D eigenvalue weighted by Gasteiger charge is -2.28. The number of rotatable bonds is 2. The zero-order valence-corrected chi connectivity index (χ0v) is 6.06. The molecule has 0 amide bonds. The molecule has 1 saturated carbocycles. The normalized spacial score (nSPS) is 22.9. The lowest BCUT2D eigenvalue weighted by atomic mass is 9.81. The first kappa shape index (κ1) is 8.84. The van der Waals surface area contributed by atoms with Gasteiger partial charge in [0.2, 0.25) is 0 Å². The average Bonchev–Trinajstić information content (AvgIpc) is 1.75. The minimum absolute atomic E-state index is 0.103. The van der Waals surface area contributed by atoms with Gasteiger partial charge >= 0.3 is 6.18 Å². The van der Waals surface area contributed by atoms with Crippen molar-refractivity contribution >= 4 is 0 Å². The van der Waals surface area contributed by atoms with Crippen LogP contribution in [0.4, 0.5) is 13.2 Å². The Balaban J connectivity index is 2.24. The molecule has 0 unspecified atom stereocenters. The van der Waals surface area contributed by atoms with E-state index in [-0.39, 0.29) is 12.3 Å². The fraction of sp³-hybridized carbons (Fsp3) is 1.00. The van der Waals surface area contributed by atoms with E-state index in [2.05, 4.69) is 0 Å². The van der Waals surface area contributed by atoms with Gasteiger partial charge in [0.05, 0.1) is 0 Å². The van der Waals surface area contributed by atoms with E-state index in [0.717, 1.165) is 19.3 Å². The molecule has 11 heavy (non-hydrogen) atoms. The number of aliphatic hydroxyl groups excluding tert-OH is 1. The molecule has 0 aromatic rings. The van der Waals surface area contributed by atoms with Crippen LogP contribution in [0.1, 0.15) is 25.7 Å². The fourth-order valence-corrected chi connectivity index (χ4v) is 1.18. The second-order valence-corrected chi connectivity index (χ2v) is 3.09. The Morgan fingerprint density at radius 2 is 1.91 bits per heavy atom. The highest BCUT2D eigenvalue weighted by Crippen LogP contribution is 2.34. The van der Waals surface area contributed by atoms with Crippen LogP contribution in [0.2, 0.25) is 0 Å². The van der Waals surface area contributed by atoms with Gasteiger partial charge in [-0.25, -0.2) is 0 Å². The number of alkyl halides is 3. The summed E-state index contributed by atoms with van der Waals surface area (Å²) >= 11 is 0. The maximum atomic E-state index is 11.7. The molecule has 1 atom stereocenters. The maximum absolute atomic E-state index is 11.7. The van der Waals surface area contributed by atoms with Crippen molar-refractivity contribution in [3.8, 4) is 0 Å². The highest BCUT2D eigenvalue weighted by Gasteiger charge is 2.40.